The molecule has 3 aromatic rings. The van der Waals surface area contributed by atoms with E-state index in [0.29, 0.717) is 34.3 Å². The number of hydrogen-bond donors (Lipinski definition) is 0. The molecule has 0 saturated heterocycles. The lowest BCUT2D eigenvalue weighted by atomic mass is 10.1. The molecule has 6 heteroatoms. The van der Waals surface area contributed by atoms with Gasteiger partial charge in [-0.05, 0) is 51.8 Å². The predicted octanol–water partition coefficient (Wildman–Crippen LogP) is 5.80. The van der Waals surface area contributed by atoms with E-state index in [1.807, 2.05) is 48.6 Å². The molecule has 0 atom stereocenters. The van der Waals surface area contributed by atoms with E-state index in [1.54, 1.807) is 26.0 Å². The predicted molar refractivity (Wildman–Crippen MR) is 117 cm³/mol. The van der Waals surface area contributed by atoms with Crippen molar-refractivity contribution in [3.05, 3.63) is 64.3 Å². The molecule has 3 rings (SSSR count). The Labute approximate surface area is 177 Å². The average molecular weight is 454 g/mol. The van der Waals surface area contributed by atoms with Crippen LogP contribution in [0.2, 0.25) is 0 Å². The van der Waals surface area contributed by atoms with E-state index in [9.17, 15) is 9.59 Å². The van der Waals surface area contributed by atoms with E-state index in [-0.39, 0.29) is 11.9 Å². The zero-order valence-electron chi connectivity index (χ0n) is 16.1. The maximum Gasteiger partial charge on any atom is 0.310 e. The van der Waals surface area contributed by atoms with E-state index >= 15 is 0 Å². The third kappa shape index (κ3) is 5.29. The van der Waals surface area contributed by atoms with Gasteiger partial charge in [0, 0.05) is 18.2 Å². The van der Waals surface area contributed by atoms with E-state index in [1.165, 1.54) is 0 Å². The third-order valence-electron chi connectivity index (χ3n) is 4.13. The number of esters is 2. The molecular formula is C23H20BrNO4. The third-order valence-corrected chi connectivity index (χ3v) is 4.75. The monoisotopic (exact) mass is 453 g/mol. The summed E-state index contributed by atoms with van der Waals surface area (Å²) in [7, 11) is 0. The van der Waals surface area contributed by atoms with Crippen LogP contribution >= 0.6 is 15.9 Å². The van der Waals surface area contributed by atoms with Crippen molar-refractivity contribution >= 4 is 50.9 Å². The summed E-state index contributed by atoms with van der Waals surface area (Å²) in [6.45, 7) is 3.50. The molecule has 0 fully saturated rings. The van der Waals surface area contributed by atoms with Crippen molar-refractivity contribution in [2.75, 3.05) is 0 Å². The highest BCUT2D eigenvalue weighted by atomic mass is 79.9. The number of benzene rings is 2. The number of ether oxygens (including phenoxy) is 2. The number of halogens is 1. The molecule has 0 N–H and O–H groups in total. The molecule has 0 aliphatic carbocycles. The van der Waals surface area contributed by atoms with Crippen LogP contribution < -0.4 is 9.47 Å². The van der Waals surface area contributed by atoms with Crippen LogP contribution in [0.3, 0.4) is 0 Å². The Balaban J connectivity index is 1.85. The van der Waals surface area contributed by atoms with Crippen LogP contribution in [-0.4, -0.2) is 16.9 Å². The van der Waals surface area contributed by atoms with Crippen LogP contribution in [0.25, 0.3) is 23.1 Å². The second-order valence-electron chi connectivity index (χ2n) is 6.24. The first kappa shape index (κ1) is 20.7. The Bertz CT molecular complexity index is 1090. The van der Waals surface area contributed by atoms with Crippen LogP contribution in [-0.2, 0) is 9.59 Å². The van der Waals surface area contributed by atoms with Crippen molar-refractivity contribution in [2.24, 2.45) is 0 Å². The number of nitrogens with zero attached hydrogens (tertiary/aromatic N) is 1. The highest BCUT2D eigenvalue weighted by Gasteiger charge is 2.09. The minimum Gasteiger partial charge on any atom is -0.425 e. The lowest BCUT2D eigenvalue weighted by Gasteiger charge is -2.07. The van der Waals surface area contributed by atoms with Crippen LogP contribution in [0.1, 0.15) is 37.9 Å². The summed E-state index contributed by atoms with van der Waals surface area (Å²) >= 11 is 3.43. The first-order valence-electron chi connectivity index (χ1n) is 9.29. The van der Waals surface area contributed by atoms with Gasteiger partial charge in [0.05, 0.1) is 10.2 Å². The van der Waals surface area contributed by atoms with Crippen molar-refractivity contribution in [3.8, 4) is 11.5 Å². The number of hydrogen-bond acceptors (Lipinski definition) is 5. The molecule has 0 unspecified atom stereocenters. The Morgan fingerprint density at radius 1 is 0.931 bits per heavy atom. The number of para-hydroxylation sites is 1. The van der Waals surface area contributed by atoms with Gasteiger partial charge >= 0.3 is 11.9 Å². The number of carbonyl (C=O) groups excluding carboxylic acids is 2. The Hall–Kier alpha value is -2.99. The molecule has 0 aliphatic rings. The largest absolute Gasteiger partial charge is 0.425 e. The minimum absolute atomic E-state index is 0.283. The number of fused-ring (bicyclic) bond motifs is 1. The number of pyridine rings is 1. The standard InChI is InChI=1S/C23H20BrNO4/c1-3-21(26)28-19-13-9-15(14-18(19)24)8-11-17-12-10-16-6-5-7-20(23(16)25-17)29-22(27)4-2/h5-14H,3-4H2,1-2H3/b11-8+. The summed E-state index contributed by atoms with van der Waals surface area (Å²) in [4.78, 5) is 27.7. The summed E-state index contributed by atoms with van der Waals surface area (Å²) in [5.41, 5.74) is 2.29. The average Bonchev–Trinajstić information content (AvgIpc) is 2.74. The van der Waals surface area contributed by atoms with Gasteiger partial charge in [0.1, 0.15) is 11.3 Å². The Morgan fingerprint density at radius 3 is 2.34 bits per heavy atom. The molecular weight excluding hydrogens is 434 g/mol. The van der Waals surface area contributed by atoms with E-state index in [4.69, 9.17) is 9.47 Å². The highest BCUT2D eigenvalue weighted by molar-refractivity contribution is 9.10. The minimum atomic E-state index is -0.297. The molecule has 148 valence electrons. The second-order valence-corrected chi connectivity index (χ2v) is 7.10. The number of carbonyl (C=O) groups is 2. The lowest BCUT2D eigenvalue weighted by molar-refractivity contribution is -0.134. The first-order valence-corrected chi connectivity index (χ1v) is 10.1. The van der Waals surface area contributed by atoms with E-state index < -0.39 is 0 Å². The first-order chi connectivity index (χ1) is 14.0. The smallest absolute Gasteiger partial charge is 0.310 e. The highest BCUT2D eigenvalue weighted by Crippen LogP contribution is 2.28. The summed E-state index contributed by atoms with van der Waals surface area (Å²) in [5.74, 6) is 0.359. The second kappa shape index (κ2) is 9.47. The van der Waals surface area contributed by atoms with Gasteiger partial charge in [-0.15, -0.1) is 0 Å². The zero-order chi connectivity index (χ0) is 20.8. The van der Waals surface area contributed by atoms with Gasteiger partial charge in [0.25, 0.3) is 0 Å². The molecule has 0 bridgehead atoms. The fraction of sp³-hybridized carbons (Fsp3) is 0.174. The maximum atomic E-state index is 11.7. The van der Waals surface area contributed by atoms with Gasteiger partial charge in [0.15, 0.2) is 5.75 Å². The summed E-state index contributed by atoms with van der Waals surface area (Å²) in [6, 6.07) is 14.8. The van der Waals surface area contributed by atoms with E-state index in [2.05, 4.69) is 20.9 Å². The quantitative estimate of drug-likeness (QED) is 0.348. The van der Waals surface area contributed by atoms with Gasteiger partial charge < -0.3 is 9.47 Å². The molecule has 0 radical (unpaired) electrons. The molecule has 5 nitrogen and oxygen atoms in total. The van der Waals surface area contributed by atoms with Gasteiger partial charge in [-0.2, -0.15) is 0 Å². The van der Waals surface area contributed by atoms with Crippen LogP contribution in [0.4, 0.5) is 0 Å². The van der Waals surface area contributed by atoms with Gasteiger partial charge in [0.2, 0.25) is 0 Å². The van der Waals surface area contributed by atoms with Crippen molar-refractivity contribution in [1.82, 2.24) is 4.98 Å². The van der Waals surface area contributed by atoms with Gasteiger partial charge in [-0.3, -0.25) is 9.59 Å². The van der Waals surface area contributed by atoms with Crippen LogP contribution in [0, 0.1) is 0 Å². The molecule has 1 heterocycles. The zero-order valence-corrected chi connectivity index (χ0v) is 17.7. The topological polar surface area (TPSA) is 65.5 Å². The molecule has 0 spiro atoms. The Kier molecular flexibility index (Phi) is 6.77. The van der Waals surface area contributed by atoms with Gasteiger partial charge in [-0.25, -0.2) is 4.98 Å². The van der Waals surface area contributed by atoms with Gasteiger partial charge in [-0.1, -0.05) is 44.2 Å². The van der Waals surface area contributed by atoms with Crippen molar-refractivity contribution < 1.29 is 19.1 Å². The summed E-state index contributed by atoms with van der Waals surface area (Å²) in [5, 5.41) is 0.897. The maximum absolute atomic E-state index is 11.7. The van der Waals surface area contributed by atoms with Crippen molar-refractivity contribution in [3.63, 3.8) is 0 Å². The van der Waals surface area contributed by atoms with E-state index in [0.717, 1.165) is 16.6 Å². The normalized spacial score (nSPS) is 11.0. The fourth-order valence-electron chi connectivity index (χ4n) is 2.58. The van der Waals surface area contributed by atoms with Crippen LogP contribution in [0.5, 0.6) is 11.5 Å². The fourth-order valence-corrected chi connectivity index (χ4v) is 3.06. The molecule has 0 amide bonds. The molecule has 29 heavy (non-hydrogen) atoms. The molecule has 0 aliphatic heterocycles. The lowest BCUT2D eigenvalue weighted by Crippen LogP contribution is -2.06. The van der Waals surface area contributed by atoms with Crippen molar-refractivity contribution in [1.29, 1.82) is 0 Å². The van der Waals surface area contributed by atoms with Crippen molar-refractivity contribution in [2.45, 2.75) is 26.7 Å². The van der Waals surface area contributed by atoms with Crippen LogP contribution in [0.15, 0.2) is 53.0 Å². The molecule has 1 aromatic heterocycles. The Morgan fingerprint density at radius 2 is 1.66 bits per heavy atom. The number of aromatic nitrogens is 1. The number of rotatable bonds is 6. The summed E-state index contributed by atoms with van der Waals surface area (Å²) in [6.07, 6.45) is 4.40. The SMILES string of the molecule is CCC(=O)Oc1ccc(/C=C/c2ccc3cccc(OC(=O)CC)c3n2)cc1Br. The molecule has 0 saturated carbocycles. The summed E-state index contributed by atoms with van der Waals surface area (Å²) < 4.78 is 11.3. The molecule has 2 aromatic carbocycles.